The molecule has 1 rings (SSSR count). The maximum absolute atomic E-state index is 11.4. The molecule has 0 aliphatic rings. The van der Waals surface area contributed by atoms with Crippen LogP contribution in [0, 0.1) is 0 Å². The number of aryl methyl sites for hydroxylation is 1. The highest BCUT2D eigenvalue weighted by atomic mass is 32.2. The van der Waals surface area contributed by atoms with Crippen LogP contribution in [0.25, 0.3) is 0 Å². The van der Waals surface area contributed by atoms with E-state index in [1.165, 1.54) is 6.07 Å². The van der Waals surface area contributed by atoms with Crippen molar-refractivity contribution in [2.24, 2.45) is 0 Å². The fraction of sp³-hybridized carbons (Fsp3) is 0.333. The number of ether oxygens (including phenoxy) is 2. The molecule has 8 heteroatoms. The summed E-state index contributed by atoms with van der Waals surface area (Å²) in [5, 5.41) is 0. The highest BCUT2D eigenvalue weighted by molar-refractivity contribution is 7.88. The number of sulfonamides is 1. The fourth-order valence-corrected chi connectivity index (χ4v) is 2.61. The van der Waals surface area contributed by atoms with Crippen molar-refractivity contribution in [3.05, 3.63) is 49.1 Å². The summed E-state index contributed by atoms with van der Waals surface area (Å²) in [5.41, 5.74) is 0.822. The van der Waals surface area contributed by atoms with Crippen LogP contribution in [0.4, 0.5) is 0 Å². The van der Waals surface area contributed by atoms with E-state index in [0.29, 0.717) is 19.4 Å². The van der Waals surface area contributed by atoms with E-state index in [-0.39, 0.29) is 11.5 Å². The Balaban J connectivity index is 2.69. The van der Waals surface area contributed by atoms with Gasteiger partial charge in [0.25, 0.3) is 0 Å². The second-order valence-electron chi connectivity index (χ2n) is 5.54. The van der Waals surface area contributed by atoms with Crippen LogP contribution >= 0.6 is 0 Å². The zero-order chi connectivity index (χ0) is 19.6. The molecule has 1 N–H and O–H groups in total. The summed E-state index contributed by atoms with van der Waals surface area (Å²) in [6.45, 7) is 7.06. The van der Waals surface area contributed by atoms with Crippen LogP contribution in [-0.2, 0) is 26.0 Å². The summed E-state index contributed by atoms with van der Waals surface area (Å²) in [6, 6.07) is 4.80. The van der Waals surface area contributed by atoms with Crippen molar-refractivity contribution >= 4 is 22.0 Å². The van der Waals surface area contributed by atoms with Crippen LogP contribution in [0.2, 0.25) is 0 Å². The summed E-state index contributed by atoms with van der Waals surface area (Å²) < 4.78 is 34.6. The molecule has 0 bridgehead atoms. The van der Waals surface area contributed by atoms with Gasteiger partial charge in [-0.2, -0.15) is 0 Å². The normalized spacial score (nSPS) is 10.8. The van der Waals surface area contributed by atoms with Crippen molar-refractivity contribution in [2.45, 2.75) is 25.7 Å². The molecule has 0 saturated heterocycles. The largest absolute Gasteiger partial charge is 0.423 e. The molecular weight excluding hydrogens is 358 g/mol. The van der Waals surface area contributed by atoms with E-state index >= 15 is 0 Å². The molecule has 142 valence electrons. The van der Waals surface area contributed by atoms with Crippen LogP contribution < -0.4 is 14.2 Å². The molecule has 0 saturated carbocycles. The predicted molar refractivity (Wildman–Crippen MR) is 98.5 cm³/mol. The third kappa shape index (κ3) is 9.14. The monoisotopic (exact) mass is 381 g/mol. The van der Waals surface area contributed by atoms with Crippen LogP contribution in [0.1, 0.15) is 24.8 Å². The topological polar surface area (TPSA) is 98.8 Å². The van der Waals surface area contributed by atoms with Crippen molar-refractivity contribution in [1.29, 1.82) is 0 Å². The number of carbonyl (C=O) groups excluding carboxylic acids is 2. The Bertz CT molecular complexity index is 730. The van der Waals surface area contributed by atoms with E-state index in [4.69, 9.17) is 9.47 Å². The molecule has 0 atom stereocenters. The Hall–Kier alpha value is -2.45. The molecule has 0 aliphatic carbocycles. The van der Waals surface area contributed by atoms with Gasteiger partial charge in [-0.15, -0.1) is 0 Å². The standard InChI is InChI=1S/C18H23NO6S/c1-4-17(20)24-15-11-14(12-16(13-15)25-18(21)5-2)9-7-6-8-10-19-26(3,22)23/h4-5,11-13,19H,1-2,6-10H2,3H3. The lowest BCUT2D eigenvalue weighted by molar-refractivity contribution is -0.129. The Morgan fingerprint density at radius 1 is 1.00 bits per heavy atom. The average Bonchev–Trinajstić information content (AvgIpc) is 2.56. The lowest BCUT2D eigenvalue weighted by atomic mass is 10.1. The Kier molecular flexibility index (Phi) is 8.74. The number of hydrogen-bond donors (Lipinski definition) is 1. The molecule has 0 unspecified atom stereocenters. The molecule has 0 amide bonds. The molecule has 0 fully saturated rings. The number of benzene rings is 1. The number of esters is 2. The van der Waals surface area contributed by atoms with E-state index in [2.05, 4.69) is 17.9 Å². The first-order chi connectivity index (χ1) is 12.2. The molecule has 26 heavy (non-hydrogen) atoms. The van der Waals surface area contributed by atoms with E-state index < -0.39 is 22.0 Å². The van der Waals surface area contributed by atoms with Gasteiger partial charge < -0.3 is 9.47 Å². The maximum atomic E-state index is 11.4. The first-order valence-electron chi connectivity index (χ1n) is 8.00. The minimum absolute atomic E-state index is 0.248. The molecule has 0 aromatic heterocycles. The summed E-state index contributed by atoms with van der Waals surface area (Å²) in [7, 11) is -3.17. The molecule has 1 aromatic rings. The van der Waals surface area contributed by atoms with Crippen LogP contribution in [0.5, 0.6) is 11.5 Å². The van der Waals surface area contributed by atoms with Gasteiger partial charge >= 0.3 is 11.9 Å². The zero-order valence-corrected chi connectivity index (χ0v) is 15.5. The summed E-state index contributed by atoms with van der Waals surface area (Å²) >= 11 is 0. The Morgan fingerprint density at radius 2 is 1.54 bits per heavy atom. The van der Waals surface area contributed by atoms with Crippen molar-refractivity contribution in [3.8, 4) is 11.5 Å². The van der Waals surface area contributed by atoms with E-state index in [0.717, 1.165) is 36.8 Å². The average molecular weight is 381 g/mol. The van der Waals surface area contributed by atoms with Gasteiger partial charge in [0.05, 0.1) is 6.26 Å². The zero-order valence-electron chi connectivity index (χ0n) is 14.7. The molecule has 0 spiro atoms. The van der Waals surface area contributed by atoms with Gasteiger partial charge in [0, 0.05) is 24.8 Å². The first kappa shape index (κ1) is 21.6. The summed E-state index contributed by atoms with van der Waals surface area (Å²) in [5.74, 6) is -0.735. The Morgan fingerprint density at radius 3 is 2.00 bits per heavy atom. The van der Waals surface area contributed by atoms with E-state index in [1.807, 2.05) is 0 Å². The summed E-state index contributed by atoms with van der Waals surface area (Å²) in [6.07, 6.45) is 6.15. The van der Waals surface area contributed by atoms with Crippen molar-refractivity contribution < 1.29 is 27.5 Å². The number of nitrogens with one attached hydrogen (secondary N) is 1. The van der Waals surface area contributed by atoms with Crippen molar-refractivity contribution in [2.75, 3.05) is 12.8 Å². The quantitative estimate of drug-likeness (QED) is 0.273. The summed E-state index contributed by atoms with van der Waals surface area (Å²) in [4.78, 5) is 22.8. The minimum atomic E-state index is -3.17. The molecule has 0 heterocycles. The first-order valence-corrected chi connectivity index (χ1v) is 9.89. The second-order valence-corrected chi connectivity index (χ2v) is 7.37. The maximum Gasteiger partial charge on any atom is 0.335 e. The fourth-order valence-electron chi connectivity index (χ4n) is 2.10. The predicted octanol–water partition coefficient (Wildman–Crippen LogP) is 2.13. The van der Waals surface area contributed by atoms with Gasteiger partial charge in [0.1, 0.15) is 11.5 Å². The minimum Gasteiger partial charge on any atom is -0.423 e. The number of rotatable bonds is 11. The molecule has 0 radical (unpaired) electrons. The molecule has 7 nitrogen and oxygen atoms in total. The van der Waals surface area contributed by atoms with Gasteiger partial charge in [0.15, 0.2) is 0 Å². The lowest BCUT2D eigenvalue weighted by Gasteiger charge is -2.09. The number of hydrogen-bond acceptors (Lipinski definition) is 6. The van der Waals surface area contributed by atoms with Crippen molar-refractivity contribution in [1.82, 2.24) is 4.72 Å². The van der Waals surface area contributed by atoms with Crippen LogP contribution in [0.15, 0.2) is 43.5 Å². The van der Waals surface area contributed by atoms with Crippen LogP contribution in [-0.4, -0.2) is 33.2 Å². The number of carbonyl (C=O) groups is 2. The van der Waals surface area contributed by atoms with Gasteiger partial charge in [-0.3, -0.25) is 0 Å². The second kappa shape index (κ2) is 10.5. The van der Waals surface area contributed by atoms with Gasteiger partial charge in [-0.05, 0) is 37.0 Å². The van der Waals surface area contributed by atoms with Crippen LogP contribution in [0.3, 0.4) is 0 Å². The van der Waals surface area contributed by atoms with Crippen molar-refractivity contribution in [3.63, 3.8) is 0 Å². The third-order valence-corrected chi connectivity index (χ3v) is 3.95. The third-order valence-electron chi connectivity index (χ3n) is 3.22. The van der Waals surface area contributed by atoms with Gasteiger partial charge in [0.2, 0.25) is 10.0 Å². The van der Waals surface area contributed by atoms with Gasteiger partial charge in [-0.1, -0.05) is 19.6 Å². The van der Waals surface area contributed by atoms with Gasteiger partial charge in [-0.25, -0.2) is 22.7 Å². The Labute approximate surface area is 153 Å². The SMILES string of the molecule is C=CC(=O)Oc1cc(CCCCCNS(C)(=O)=O)cc(OC(=O)C=C)c1. The lowest BCUT2D eigenvalue weighted by Crippen LogP contribution is -2.22. The highest BCUT2D eigenvalue weighted by Gasteiger charge is 2.08. The molecule has 0 aliphatic heterocycles. The molecular formula is C18H23NO6S. The highest BCUT2D eigenvalue weighted by Crippen LogP contribution is 2.25. The smallest absolute Gasteiger partial charge is 0.335 e. The molecule has 1 aromatic carbocycles. The number of unbranched alkanes of at least 4 members (excludes halogenated alkanes) is 2. The van der Waals surface area contributed by atoms with E-state index in [9.17, 15) is 18.0 Å². The van der Waals surface area contributed by atoms with E-state index in [1.54, 1.807) is 12.1 Å².